The number of hydrogen-bond acceptors (Lipinski definition) is 3. The second-order valence-corrected chi connectivity index (χ2v) is 5.87. The van der Waals surface area contributed by atoms with E-state index in [-0.39, 0.29) is 0 Å². The summed E-state index contributed by atoms with van der Waals surface area (Å²) in [4.78, 5) is 1.07. The summed E-state index contributed by atoms with van der Waals surface area (Å²) in [7, 11) is 4.37. The molecule has 17 heavy (non-hydrogen) atoms. The van der Waals surface area contributed by atoms with E-state index in [1.54, 1.807) is 14.0 Å². The summed E-state index contributed by atoms with van der Waals surface area (Å²) in [5, 5.41) is 2.18. The maximum Gasteiger partial charge on any atom is 0.126 e. The molecule has 3 heteroatoms. The molecular formula is C14H16OS2. The van der Waals surface area contributed by atoms with Gasteiger partial charge in [0, 0.05) is 24.1 Å². The van der Waals surface area contributed by atoms with Crippen LogP contribution in [0.5, 0.6) is 5.75 Å². The molecule has 0 aliphatic rings. The van der Waals surface area contributed by atoms with Gasteiger partial charge in [-0.25, -0.2) is 0 Å². The summed E-state index contributed by atoms with van der Waals surface area (Å²) in [5.74, 6) is 0.851. The molecule has 0 amide bonds. The van der Waals surface area contributed by atoms with E-state index in [0.29, 0.717) is 0 Å². The Bertz CT molecular complexity index is 594. The van der Waals surface area contributed by atoms with Crippen LogP contribution in [0, 0.1) is 6.92 Å². The van der Waals surface area contributed by atoms with Crippen LogP contribution in [0.1, 0.15) is 15.2 Å². The molecule has 0 atom stereocenters. The van der Waals surface area contributed by atoms with Crippen LogP contribution < -0.4 is 4.74 Å². The molecule has 0 spiro atoms. The van der Waals surface area contributed by atoms with E-state index in [0.717, 1.165) is 21.4 Å². The molecule has 0 heterocycles. The Morgan fingerprint density at radius 3 is 2.76 bits per heavy atom. The zero-order valence-electron chi connectivity index (χ0n) is 12.1. The number of methoxy groups -OCH3 is 1. The lowest BCUT2D eigenvalue weighted by atomic mass is 10.1. The van der Waals surface area contributed by atoms with Crippen molar-refractivity contribution in [3.05, 3.63) is 35.9 Å². The Kier molecular flexibility index (Phi) is 3.40. The van der Waals surface area contributed by atoms with Gasteiger partial charge in [0.1, 0.15) is 5.75 Å². The van der Waals surface area contributed by atoms with Gasteiger partial charge in [-0.15, -0.1) is 0 Å². The molecule has 2 aromatic rings. The van der Waals surface area contributed by atoms with E-state index < -0.39 is 5.70 Å². The molecule has 0 N–H and O–H groups in total. The number of hydrogen-bond donors (Lipinski definition) is 0. The Balaban J connectivity index is 2.47. The van der Waals surface area contributed by atoms with Crippen molar-refractivity contribution in [3.8, 4) is 5.75 Å². The van der Waals surface area contributed by atoms with E-state index in [4.69, 9.17) is 7.48 Å². The van der Waals surface area contributed by atoms with Crippen molar-refractivity contribution >= 4 is 32.4 Å². The smallest absolute Gasteiger partial charge is 0.126 e. The minimum Gasteiger partial charge on any atom is -0.496 e. The summed E-state index contributed by atoms with van der Waals surface area (Å²) in [6.07, 6.45) is 0. The van der Waals surface area contributed by atoms with Crippen LogP contribution in [0.15, 0.2) is 35.2 Å². The zero-order valence-corrected chi connectivity index (χ0v) is 11.7. The lowest BCUT2D eigenvalue weighted by Gasteiger charge is -2.10. The summed E-state index contributed by atoms with van der Waals surface area (Å²) in [6, 6.07) is 10.2. The fourth-order valence-corrected chi connectivity index (χ4v) is 3.26. The standard InChI is InChI=1S/C14H16OS2/c1-4-16-17-14-8-7-13(15-3)11-6-5-10(2)9-12(11)14/h5-9H,4H2,1-3H3/i4+1H2. The maximum absolute atomic E-state index is 7.59. The first-order chi connectivity index (χ1) is 8.90. The van der Waals surface area contributed by atoms with Crippen molar-refractivity contribution < 1.29 is 7.48 Å². The maximum atomic E-state index is 7.59. The van der Waals surface area contributed by atoms with Crippen LogP contribution in [0.2, 0.25) is 0 Å². The summed E-state index contributed by atoms with van der Waals surface area (Å²) in [6.45, 7) is 3.63. The molecular weight excluding hydrogens is 249 g/mol. The Morgan fingerprint density at radius 1 is 1.24 bits per heavy atom. The topological polar surface area (TPSA) is 9.23 Å². The number of aryl methyl sites for hydroxylation is 1. The number of fused-ring (bicyclic) bond motifs is 1. The predicted molar refractivity (Wildman–Crippen MR) is 79.2 cm³/mol. The van der Waals surface area contributed by atoms with Gasteiger partial charge in [0.05, 0.1) is 7.11 Å². The molecule has 90 valence electrons. The molecule has 1 nitrogen and oxygen atoms in total. The fraction of sp³-hybridized carbons (Fsp3) is 0.286. The first-order valence-electron chi connectivity index (χ1n) is 6.34. The van der Waals surface area contributed by atoms with Gasteiger partial charge in [-0.1, -0.05) is 52.3 Å². The molecule has 0 bridgehead atoms. The van der Waals surface area contributed by atoms with Gasteiger partial charge in [-0.2, -0.15) is 0 Å². The van der Waals surface area contributed by atoms with E-state index in [1.165, 1.54) is 27.2 Å². The van der Waals surface area contributed by atoms with E-state index in [1.807, 2.05) is 12.1 Å². The van der Waals surface area contributed by atoms with Gasteiger partial charge in [0.15, 0.2) is 0 Å². The highest BCUT2D eigenvalue weighted by atomic mass is 33.1. The molecule has 2 aromatic carbocycles. The van der Waals surface area contributed by atoms with Gasteiger partial charge >= 0.3 is 0 Å². The Hall–Kier alpha value is -0.800. The number of benzene rings is 2. The minimum absolute atomic E-state index is 0.851. The van der Waals surface area contributed by atoms with Crippen molar-refractivity contribution in [2.45, 2.75) is 18.7 Å². The highest BCUT2D eigenvalue weighted by molar-refractivity contribution is 8.76. The molecule has 0 fully saturated rings. The average molecular weight is 265 g/mol. The molecule has 2 rings (SSSR count). The molecule has 0 aromatic heterocycles. The third-order valence-corrected chi connectivity index (χ3v) is 4.60. The van der Waals surface area contributed by atoms with Crippen molar-refractivity contribution in [1.82, 2.24) is 0 Å². The largest absolute Gasteiger partial charge is 0.496 e. The van der Waals surface area contributed by atoms with Gasteiger partial charge < -0.3 is 4.74 Å². The van der Waals surface area contributed by atoms with Crippen LogP contribution in [-0.2, 0) is 0 Å². The second-order valence-electron chi connectivity index (χ2n) is 3.69. The average Bonchev–Trinajstić information content (AvgIpc) is 2.34. The molecule has 0 saturated carbocycles. The first-order valence-corrected chi connectivity index (χ1v) is 7.49. The van der Waals surface area contributed by atoms with Gasteiger partial charge in [-0.05, 0) is 19.1 Å². The van der Waals surface area contributed by atoms with Crippen LogP contribution in [0.3, 0.4) is 0 Å². The lowest BCUT2D eigenvalue weighted by molar-refractivity contribution is 0.419. The Morgan fingerprint density at radius 2 is 2.06 bits per heavy atom. The number of rotatable bonds is 4. The quantitative estimate of drug-likeness (QED) is 0.574. The van der Waals surface area contributed by atoms with Crippen LogP contribution >= 0.6 is 21.6 Å². The fourth-order valence-electron chi connectivity index (χ4n) is 1.74. The monoisotopic (exact) mass is 265 g/mol. The van der Waals surface area contributed by atoms with Crippen molar-refractivity contribution in [2.24, 2.45) is 0 Å². The summed E-state index contributed by atoms with van der Waals surface area (Å²) < 4.78 is 20.6. The number of ether oxygens (including phenoxy) is 1. The SMILES string of the molecule is [1H][13C]([1H])(C)SSc1ccc(OC)c2ccc(C)cc12. The Labute approximate surface area is 113 Å². The molecule has 0 radical (unpaired) electrons. The highest BCUT2D eigenvalue weighted by Crippen LogP contribution is 2.39. The van der Waals surface area contributed by atoms with E-state index >= 15 is 0 Å². The third kappa shape index (κ3) is 2.72. The van der Waals surface area contributed by atoms with Crippen LogP contribution in [0.25, 0.3) is 10.8 Å². The zero-order chi connectivity index (χ0) is 14.0. The van der Waals surface area contributed by atoms with Gasteiger partial charge in [-0.3, -0.25) is 0 Å². The van der Waals surface area contributed by atoms with Crippen molar-refractivity contribution in [2.75, 3.05) is 12.8 Å². The molecule has 0 aliphatic heterocycles. The van der Waals surface area contributed by atoms with Crippen LogP contribution in [0.4, 0.5) is 0 Å². The lowest BCUT2D eigenvalue weighted by Crippen LogP contribution is -1.87. The van der Waals surface area contributed by atoms with Gasteiger partial charge in [0.2, 0.25) is 0 Å². The molecule has 0 unspecified atom stereocenters. The third-order valence-electron chi connectivity index (χ3n) is 2.53. The van der Waals surface area contributed by atoms with E-state index in [2.05, 4.69) is 25.1 Å². The second kappa shape index (κ2) is 5.69. The van der Waals surface area contributed by atoms with E-state index in [9.17, 15) is 0 Å². The van der Waals surface area contributed by atoms with Crippen molar-refractivity contribution in [1.29, 1.82) is 0 Å². The normalized spacial score (nSPS) is 13.4. The highest BCUT2D eigenvalue weighted by Gasteiger charge is 2.07. The van der Waals surface area contributed by atoms with Gasteiger partial charge in [0.25, 0.3) is 0 Å². The predicted octanol–water partition coefficient (Wildman–Crippen LogP) is 4.92. The minimum atomic E-state index is -1.25. The van der Waals surface area contributed by atoms with Crippen molar-refractivity contribution in [3.63, 3.8) is 0 Å². The van der Waals surface area contributed by atoms with Crippen LogP contribution in [-0.4, -0.2) is 12.8 Å². The summed E-state index contributed by atoms with van der Waals surface area (Å²) >= 11 is 0. The molecule has 0 saturated heterocycles. The first kappa shape index (κ1) is 10.2. The molecule has 0 aliphatic carbocycles. The summed E-state index contributed by atoms with van der Waals surface area (Å²) in [5.41, 5.74) is -0.0621.